The number of carbonyl (C=O) groups is 2. The van der Waals surface area contributed by atoms with Gasteiger partial charge in [-0.25, -0.2) is 9.48 Å². The fourth-order valence-electron chi connectivity index (χ4n) is 0.827. The Hall–Kier alpha value is -2.12. The molecule has 0 bridgehead atoms. The number of nitrogens with two attached hydrogens (primary N) is 2. The fourth-order valence-corrected chi connectivity index (χ4v) is 0.827. The van der Waals surface area contributed by atoms with Crippen LogP contribution in [0.1, 0.15) is 10.5 Å². The average molecular weight is 199 g/mol. The van der Waals surface area contributed by atoms with Crippen LogP contribution in [0.15, 0.2) is 0 Å². The molecule has 14 heavy (non-hydrogen) atoms. The van der Waals surface area contributed by atoms with Crippen molar-refractivity contribution in [2.75, 3.05) is 12.8 Å². The Morgan fingerprint density at radius 1 is 1.57 bits per heavy atom. The van der Waals surface area contributed by atoms with E-state index < -0.39 is 11.9 Å². The molecule has 0 radical (unpaired) electrons. The highest BCUT2D eigenvalue weighted by molar-refractivity contribution is 5.91. The highest BCUT2D eigenvalue weighted by Crippen LogP contribution is 2.07. The second-order valence-corrected chi connectivity index (χ2v) is 2.44. The highest BCUT2D eigenvalue weighted by atomic mass is 16.5. The molecular formula is C6H9N5O3. The monoisotopic (exact) mass is 199 g/mol. The van der Waals surface area contributed by atoms with Gasteiger partial charge in [0.1, 0.15) is 6.54 Å². The molecule has 0 atom stereocenters. The summed E-state index contributed by atoms with van der Waals surface area (Å²) in [5.41, 5.74) is 10.2. The molecule has 76 valence electrons. The van der Waals surface area contributed by atoms with Crippen molar-refractivity contribution in [3.63, 3.8) is 0 Å². The lowest BCUT2D eigenvalue weighted by Crippen LogP contribution is -2.21. The van der Waals surface area contributed by atoms with E-state index in [9.17, 15) is 9.59 Å². The Morgan fingerprint density at radius 3 is 2.71 bits per heavy atom. The lowest BCUT2D eigenvalue weighted by molar-refractivity contribution is -0.118. The molecule has 0 unspecified atom stereocenters. The lowest BCUT2D eigenvalue weighted by atomic mass is 10.4. The first-order chi connectivity index (χ1) is 6.56. The number of amides is 1. The van der Waals surface area contributed by atoms with Crippen molar-refractivity contribution in [1.82, 2.24) is 15.0 Å². The minimum atomic E-state index is -0.710. The van der Waals surface area contributed by atoms with Crippen LogP contribution in [0.5, 0.6) is 0 Å². The van der Waals surface area contributed by atoms with Gasteiger partial charge in [0.2, 0.25) is 11.6 Å². The van der Waals surface area contributed by atoms with Gasteiger partial charge in [-0.3, -0.25) is 4.79 Å². The third-order valence-corrected chi connectivity index (χ3v) is 1.46. The molecule has 1 heterocycles. The molecule has 0 aliphatic carbocycles. The van der Waals surface area contributed by atoms with Crippen LogP contribution in [-0.4, -0.2) is 34.0 Å². The summed E-state index contributed by atoms with van der Waals surface area (Å²) < 4.78 is 5.41. The highest BCUT2D eigenvalue weighted by Gasteiger charge is 2.18. The van der Waals surface area contributed by atoms with Gasteiger partial charge in [-0.15, -0.1) is 5.10 Å². The van der Waals surface area contributed by atoms with Crippen LogP contribution in [-0.2, 0) is 16.1 Å². The summed E-state index contributed by atoms with van der Waals surface area (Å²) in [6.07, 6.45) is 0. The van der Waals surface area contributed by atoms with Gasteiger partial charge < -0.3 is 16.2 Å². The Morgan fingerprint density at radius 2 is 2.21 bits per heavy atom. The second kappa shape index (κ2) is 3.73. The number of hydrogen-bond donors (Lipinski definition) is 2. The zero-order chi connectivity index (χ0) is 10.7. The van der Waals surface area contributed by atoms with Gasteiger partial charge in [0, 0.05) is 0 Å². The maximum absolute atomic E-state index is 11.0. The summed E-state index contributed by atoms with van der Waals surface area (Å²) >= 11 is 0. The van der Waals surface area contributed by atoms with E-state index in [1.807, 2.05) is 0 Å². The zero-order valence-electron chi connectivity index (χ0n) is 7.43. The van der Waals surface area contributed by atoms with Crippen molar-refractivity contribution in [3.8, 4) is 0 Å². The SMILES string of the molecule is COC(=O)c1nnn(CC(N)=O)c1N. The van der Waals surface area contributed by atoms with E-state index in [1.165, 1.54) is 7.11 Å². The number of rotatable bonds is 3. The van der Waals surface area contributed by atoms with Gasteiger partial charge >= 0.3 is 5.97 Å². The van der Waals surface area contributed by atoms with E-state index in [-0.39, 0.29) is 18.1 Å². The van der Waals surface area contributed by atoms with Gasteiger partial charge in [0.15, 0.2) is 5.82 Å². The van der Waals surface area contributed by atoms with E-state index in [1.54, 1.807) is 0 Å². The number of aromatic nitrogens is 3. The molecule has 0 spiro atoms. The summed E-state index contributed by atoms with van der Waals surface area (Å²) in [6.45, 7) is -0.226. The molecule has 1 amide bonds. The molecular weight excluding hydrogens is 190 g/mol. The molecule has 1 aromatic heterocycles. The van der Waals surface area contributed by atoms with Gasteiger partial charge in [-0.2, -0.15) is 0 Å². The smallest absolute Gasteiger partial charge is 0.362 e. The standard InChI is InChI=1S/C6H9N5O3/c1-14-6(13)4-5(8)11(10-9-4)2-3(7)12/h2,8H2,1H3,(H2,7,12). The Balaban J connectivity index is 2.96. The molecule has 0 aliphatic heterocycles. The molecule has 0 aromatic carbocycles. The summed E-state index contributed by atoms with van der Waals surface area (Å²) in [7, 11) is 1.19. The lowest BCUT2D eigenvalue weighted by Gasteiger charge is -1.98. The topological polar surface area (TPSA) is 126 Å². The third kappa shape index (κ3) is 1.79. The van der Waals surface area contributed by atoms with Gasteiger partial charge in [0.25, 0.3) is 0 Å². The van der Waals surface area contributed by atoms with Crippen molar-refractivity contribution in [1.29, 1.82) is 0 Å². The molecule has 8 heteroatoms. The number of nitrogens with zero attached hydrogens (tertiary/aromatic N) is 3. The Labute approximate surface area is 78.8 Å². The number of carbonyl (C=O) groups excluding carboxylic acids is 2. The van der Waals surface area contributed by atoms with Crippen molar-refractivity contribution < 1.29 is 14.3 Å². The minimum absolute atomic E-state index is 0.0457. The van der Waals surface area contributed by atoms with E-state index in [4.69, 9.17) is 11.5 Å². The summed E-state index contributed by atoms with van der Waals surface area (Å²) in [4.78, 5) is 21.5. The van der Waals surface area contributed by atoms with Crippen LogP contribution in [0, 0.1) is 0 Å². The molecule has 0 saturated carbocycles. The molecule has 0 fully saturated rings. The number of primary amides is 1. The predicted octanol–water partition coefficient (Wildman–Crippen LogP) is -1.87. The number of esters is 1. The Bertz CT molecular complexity index is 372. The number of hydrogen-bond acceptors (Lipinski definition) is 6. The maximum atomic E-state index is 11.0. The Kier molecular flexibility index (Phi) is 2.65. The van der Waals surface area contributed by atoms with Gasteiger partial charge in [0.05, 0.1) is 7.11 Å². The van der Waals surface area contributed by atoms with Crippen LogP contribution in [0.2, 0.25) is 0 Å². The van der Waals surface area contributed by atoms with Crippen molar-refractivity contribution >= 4 is 17.7 Å². The van der Waals surface area contributed by atoms with Crippen LogP contribution < -0.4 is 11.5 Å². The van der Waals surface area contributed by atoms with Crippen LogP contribution in [0.4, 0.5) is 5.82 Å². The van der Waals surface area contributed by atoms with E-state index >= 15 is 0 Å². The number of ether oxygens (including phenoxy) is 1. The van der Waals surface area contributed by atoms with Crippen LogP contribution in [0.3, 0.4) is 0 Å². The van der Waals surface area contributed by atoms with Gasteiger partial charge in [-0.05, 0) is 0 Å². The largest absolute Gasteiger partial charge is 0.464 e. The van der Waals surface area contributed by atoms with Crippen LogP contribution in [0.25, 0.3) is 0 Å². The van der Waals surface area contributed by atoms with E-state index in [2.05, 4.69) is 15.0 Å². The average Bonchev–Trinajstić information content (AvgIpc) is 2.46. The van der Waals surface area contributed by atoms with E-state index in [0.717, 1.165) is 4.68 Å². The van der Waals surface area contributed by atoms with Gasteiger partial charge in [-0.1, -0.05) is 5.21 Å². The first-order valence-corrected chi connectivity index (χ1v) is 3.61. The third-order valence-electron chi connectivity index (χ3n) is 1.46. The summed E-state index contributed by atoms with van der Waals surface area (Å²) in [5.74, 6) is -1.38. The zero-order valence-corrected chi connectivity index (χ0v) is 7.43. The molecule has 8 nitrogen and oxygen atoms in total. The molecule has 1 aromatic rings. The molecule has 4 N–H and O–H groups in total. The fraction of sp³-hybridized carbons (Fsp3) is 0.333. The number of methoxy groups -OCH3 is 1. The first kappa shape index (κ1) is 9.96. The first-order valence-electron chi connectivity index (χ1n) is 3.61. The molecule has 1 rings (SSSR count). The molecule has 0 aliphatic rings. The van der Waals surface area contributed by atoms with E-state index in [0.29, 0.717) is 0 Å². The number of anilines is 1. The second-order valence-electron chi connectivity index (χ2n) is 2.44. The maximum Gasteiger partial charge on any atom is 0.362 e. The summed E-state index contributed by atoms with van der Waals surface area (Å²) in [6, 6.07) is 0. The van der Waals surface area contributed by atoms with Crippen LogP contribution >= 0.6 is 0 Å². The normalized spacial score (nSPS) is 9.79. The van der Waals surface area contributed by atoms with Crippen molar-refractivity contribution in [3.05, 3.63) is 5.69 Å². The minimum Gasteiger partial charge on any atom is -0.464 e. The number of nitrogen functional groups attached to an aromatic ring is 1. The van der Waals surface area contributed by atoms with Crippen molar-refractivity contribution in [2.24, 2.45) is 5.73 Å². The predicted molar refractivity (Wildman–Crippen MR) is 45.0 cm³/mol. The summed E-state index contributed by atoms with van der Waals surface area (Å²) in [5, 5.41) is 6.91. The molecule has 0 saturated heterocycles. The van der Waals surface area contributed by atoms with Crippen molar-refractivity contribution in [2.45, 2.75) is 6.54 Å². The quantitative estimate of drug-likeness (QED) is 0.549.